The Morgan fingerprint density at radius 2 is 0.936 bits per heavy atom. The highest BCUT2D eigenvalue weighted by Crippen LogP contribution is 2.38. The van der Waals surface area contributed by atoms with Crippen molar-refractivity contribution in [1.82, 2.24) is 29.9 Å². The van der Waals surface area contributed by atoms with Crippen LogP contribution >= 0.6 is 11.3 Å². The third kappa shape index (κ3) is 4.99. The molecule has 7 heteroatoms. The minimum atomic E-state index is 0.609. The summed E-state index contributed by atoms with van der Waals surface area (Å²) < 4.78 is 1.02. The molecule has 9 rings (SSSR count). The minimum absolute atomic E-state index is 0.609. The first-order chi connectivity index (χ1) is 23.3. The van der Waals surface area contributed by atoms with Gasteiger partial charge in [0.2, 0.25) is 0 Å². The third-order valence-electron chi connectivity index (χ3n) is 8.28. The van der Waals surface area contributed by atoms with E-state index in [0.717, 1.165) is 64.8 Å². The van der Waals surface area contributed by atoms with Crippen LogP contribution in [-0.2, 0) is 0 Å². The maximum atomic E-state index is 4.96. The van der Waals surface area contributed by atoms with E-state index >= 15 is 0 Å². The summed E-state index contributed by atoms with van der Waals surface area (Å²) in [7, 11) is 0. The molecule has 0 bridgehead atoms. The van der Waals surface area contributed by atoms with Gasteiger partial charge >= 0.3 is 0 Å². The van der Waals surface area contributed by atoms with Crippen LogP contribution in [0.4, 0.5) is 0 Å². The highest BCUT2D eigenvalue weighted by molar-refractivity contribution is 7.25. The lowest BCUT2D eigenvalue weighted by atomic mass is 10.0. The predicted octanol–water partition coefficient (Wildman–Crippen LogP) is 9.91. The van der Waals surface area contributed by atoms with Crippen LogP contribution < -0.4 is 0 Å². The molecule has 220 valence electrons. The molecule has 6 nitrogen and oxygen atoms in total. The molecule has 0 amide bonds. The molecule has 4 heterocycles. The van der Waals surface area contributed by atoms with Crippen LogP contribution in [0.15, 0.2) is 146 Å². The third-order valence-corrected chi connectivity index (χ3v) is 9.38. The number of nitrogens with zero attached hydrogens (tertiary/aromatic N) is 6. The maximum Gasteiger partial charge on any atom is 0.164 e. The van der Waals surface area contributed by atoms with Crippen LogP contribution in [0.2, 0.25) is 0 Å². The average Bonchev–Trinajstić information content (AvgIpc) is 3.52. The molecule has 0 aliphatic heterocycles. The van der Waals surface area contributed by atoms with Gasteiger partial charge in [0.25, 0.3) is 0 Å². The van der Waals surface area contributed by atoms with E-state index in [-0.39, 0.29) is 0 Å². The molecular formula is C40H24N6S. The maximum absolute atomic E-state index is 4.96. The van der Waals surface area contributed by atoms with Gasteiger partial charge in [0.1, 0.15) is 11.2 Å². The normalized spacial score (nSPS) is 11.4. The fourth-order valence-corrected chi connectivity index (χ4v) is 7.01. The van der Waals surface area contributed by atoms with Gasteiger partial charge in [-0.1, -0.05) is 127 Å². The van der Waals surface area contributed by atoms with Gasteiger partial charge in [0.05, 0.1) is 21.4 Å². The number of hydrogen-bond acceptors (Lipinski definition) is 7. The summed E-state index contributed by atoms with van der Waals surface area (Å²) in [4.78, 5) is 30.0. The topological polar surface area (TPSA) is 77.3 Å². The molecular weight excluding hydrogens is 597 g/mol. The molecule has 0 aliphatic carbocycles. The van der Waals surface area contributed by atoms with Crippen molar-refractivity contribution in [3.05, 3.63) is 146 Å². The van der Waals surface area contributed by atoms with Crippen LogP contribution in [0.1, 0.15) is 0 Å². The highest BCUT2D eigenvalue weighted by Gasteiger charge is 2.16. The number of hydrogen-bond donors (Lipinski definition) is 0. The number of rotatable bonds is 5. The SMILES string of the molecule is c1ccc(-c2ccc(-c3nc(-c4ccccc4)nc(-c4ccc(-c5ncnc6c5sc5nc7ccccc7cc56)cc4)n3)cc2)cc1. The van der Waals surface area contributed by atoms with Crippen LogP contribution in [0, 0.1) is 0 Å². The van der Waals surface area contributed by atoms with E-state index in [1.165, 1.54) is 5.56 Å². The molecule has 0 saturated heterocycles. The Kier molecular flexibility index (Phi) is 6.54. The number of para-hydroxylation sites is 1. The second-order valence-electron chi connectivity index (χ2n) is 11.2. The van der Waals surface area contributed by atoms with E-state index in [0.29, 0.717) is 17.5 Å². The molecule has 0 saturated carbocycles. The largest absolute Gasteiger partial charge is 0.237 e. The Balaban J connectivity index is 1.11. The lowest BCUT2D eigenvalue weighted by Gasteiger charge is -2.10. The van der Waals surface area contributed by atoms with E-state index in [1.54, 1.807) is 17.7 Å². The van der Waals surface area contributed by atoms with Crippen LogP contribution in [-0.4, -0.2) is 29.9 Å². The van der Waals surface area contributed by atoms with E-state index in [1.807, 2.05) is 66.7 Å². The quantitative estimate of drug-likeness (QED) is 0.191. The van der Waals surface area contributed by atoms with E-state index < -0.39 is 0 Å². The number of benzene rings is 5. The van der Waals surface area contributed by atoms with Gasteiger partial charge in [-0.25, -0.2) is 29.9 Å². The van der Waals surface area contributed by atoms with Gasteiger partial charge in [0, 0.05) is 33.0 Å². The number of aromatic nitrogens is 6. The molecule has 0 fully saturated rings. The Morgan fingerprint density at radius 1 is 0.426 bits per heavy atom. The van der Waals surface area contributed by atoms with Crippen LogP contribution in [0.3, 0.4) is 0 Å². The van der Waals surface area contributed by atoms with E-state index in [2.05, 4.69) is 77.8 Å². The molecule has 0 radical (unpaired) electrons. The fraction of sp³-hybridized carbons (Fsp3) is 0. The van der Waals surface area contributed by atoms with Gasteiger partial charge in [0.15, 0.2) is 17.5 Å². The van der Waals surface area contributed by atoms with Crippen molar-refractivity contribution in [3.63, 3.8) is 0 Å². The Morgan fingerprint density at radius 3 is 1.60 bits per heavy atom. The molecule has 4 aromatic heterocycles. The zero-order valence-electron chi connectivity index (χ0n) is 24.9. The summed E-state index contributed by atoms with van der Waals surface area (Å²) in [6.45, 7) is 0. The number of pyridine rings is 1. The Bertz CT molecular complexity index is 2550. The Labute approximate surface area is 274 Å². The molecule has 0 spiro atoms. The summed E-state index contributed by atoms with van der Waals surface area (Å²) in [5, 5.41) is 2.15. The second kappa shape index (κ2) is 11.3. The zero-order chi connectivity index (χ0) is 31.2. The van der Waals surface area contributed by atoms with Gasteiger partial charge in [-0.2, -0.15) is 0 Å². The molecule has 0 aliphatic rings. The summed E-state index contributed by atoms with van der Waals surface area (Å²) in [6, 6.07) is 47.3. The van der Waals surface area contributed by atoms with Crippen molar-refractivity contribution >= 4 is 42.7 Å². The Hall–Kier alpha value is -6.18. The summed E-state index contributed by atoms with van der Waals surface area (Å²) in [5.41, 5.74) is 8.84. The van der Waals surface area contributed by atoms with Crippen molar-refractivity contribution in [2.24, 2.45) is 0 Å². The van der Waals surface area contributed by atoms with E-state index in [9.17, 15) is 0 Å². The summed E-state index contributed by atoms with van der Waals surface area (Å²) in [5.74, 6) is 1.86. The standard InChI is InChI=1S/C40H24N6S/c1-3-9-25(10-4-1)26-15-19-29(20-16-26)38-44-37(28-11-5-2-6-12-28)45-39(46-38)30-21-17-27(18-22-30)34-36-35(42-24-41-34)32-23-31-13-7-8-14-33(31)43-40(32)47-36/h1-24H. The molecule has 5 aromatic carbocycles. The lowest BCUT2D eigenvalue weighted by Crippen LogP contribution is -2.00. The molecule has 47 heavy (non-hydrogen) atoms. The van der Waals surface area contributed by atoms with E-state index in [4.69, 9.17) is 24.9 Å². The predicted molar refractivity (Wildman–Crippen MR) is 191 cm³/mol. The first kappa shape index (κ1) is 27.2. The average molecular weight is 621 g/mol. The summed E-state index contributed by atoms with van der Waals surface area (Å²) in [6.07, 6.45) is 1.64. The molecule has 0 unspecified atom stereocenters. The number of fused-ring (bicyclic) bond motifs is 4. The highest BCUT2D eigenvalue weighted by atomic mass is 32.1. The summed E-state index contributed by atoms with van der Waals surface area (Å²) >= 11 is 1.63. The van der Waals surface area contributed by atoms with Crippen molar-refractivity contribution < 1.29 is 0 Å². The van der Waals surface area contributed by atoms with Gasteiger partial charge in [-0.3, -0.25) is 0 Å². The monoisotopic (exact) mass is 620 g/mol. The van der Waals surface area contributed by atoms with Gasteiger partial charge < -0.3 is 0 Å². The van der Waals surface area contributed by atoms with Crippen molar-refractivity contribution in [2.75, 3.05) is 0 Å². The van der Waals surface area contributed by atoms with Crippen molar-refractivity contribution in [3.8, 4) is 56.5 Å². The zero-order valence-corrected chi connectivity index (χ0v) is 25.8. The smallest absolute Gasteiger partial charge is 0.164 e. The minimum Gasteiger partial charge on any atom is -0.237 e. The molecule has 0 N–H and O–H groups in total. The molecule has 0 atom stereocenters. The van der Waals surface area contributed by atoms with Gasteiger partial charge in [-0.05, 0) is 23.3 Å². The first-order valence-electron chi connectivity index (χ1n) is 15.3. The first-order valence-corrected chi connectivity index (χ1v) is 16.1. The molecule has 9 aromatic rings. The second-order valence-corrected chi connectivity index (χ2v) is 12.2. The lowest BCUT2D eigenvalue weighted by molar-refractivity contribution is 1.07. The van der Waals surface area contributed by atoms with Crippen molar-refractivity contribution in [1.29, 1.82) is 0 Å². The number of thiophene rings is 1. The van der Waals surface area contributed by atoms with Crippen LogP contribution in [0.5, 0.6) is 0 Å². The van der Waals surface area contributed by atoms with Crippen molar-refractivity contribution in [2.45, 2.75) is 0 Å². The van der Waals surface area contributed by atoms with Gasteiger partial charge in [-0.15, -0.1) is 11.3 Å². The van der Waals surface area contributed by atoms with Crippen LogP contribution in [0.25, 0.3) is 87.9 Å². The fourth-order valence-electron chi connectivity index (χ4n) is 5.88.